The molecule has 0 saturated heterocycles. The lowest BCUT2D eigenvalue weighted by atomic mass is 9.90. The van der Waals surface area contributed by atoms with Crippen molar-refractivity contribution in [3.05, 3.63) is 143 Å². The largest absolute Gasteiger partial charge is 0.493 e. The fourth-order valence-corrected chi connectivity index (χ4v) is 7.47. The van der Waals surface area contributed by atoms with Crippen LogP contribution in [0.2, 0.25) is 0 Å². The number of aldehydes is 4. The van der Waals surface area contributed by atoms with Crippen LogP contribution in [0.1, 0.15) is 115 Å². The lowest BCUT2D eigenvalue weighted by molar-refractivity contribution is -0.182. The van der Waals surface area contributed by atoms with Gasteiger partial charge >= 0.3 is 5.97 Å². The van der Waals surface area contributed by atoms with Crippen molar-refractivity contribution >= 4 is 55.0 Å². The van der Waals surface area contributed by atoms with Gasteiger partial charge in [-0.1, -0.05) is 99.8 Å². The minimum Gasteiger partial charge on any atom is -0.493 e. The number of nitrogens with zero attached hydrogens (tertiary/aromatic N) is 2. The number of rotatable bonds is 31. The first kappa shape index (κ1) is 65.3. The number of hydroxylamine groups is 2. The lowest BCUT2D eigenvalue weighted by Gasteiger charge is -2.31. The highest BCUT2D eigenvalue weighted by Gasteiger charge is 2.31. The van der Waals surface area contributed by atoms with Crippen molar-refractivity contribution in [3.63, 3.8) is 0 Å². The molecular formula is C59H77N5O13. The second kappa shape index (κ2) is 39.6. The van der Waals surface area contributed by atoms with Crippen molar-refractivity contribution in [1.29, 1.82) is 0 Å². The molecule has 0 saturated carbocycles. The highest BCUT2D eigenvalue weighted by molar-refractivity contribution is 5.92. The molecule has 0 aliphatic rings. The number of anilines is 1. The lowest BCUT2D eigenvalue weighted by Crippen LogP contribution is -2.48. The predicted molar refractivity (Wildman–Crippen MR) is 295 cm³/mol. The number of likely N-dealkylation sites (N-methyl/N-ethyl adjacent to an activating group) is 1. The molecule has 0 spiro atoms. The summed E-state index contributed by atoms with van der Waals surface area (Å²) >= 11 is 0. The van der Waals surface area contributed by atoms with Gasteiger partial charge in [-0.25, -0.2) is 5.06 Å². The Morgan fingerprint density at radius 2 is 1.42 bits per heavy atom. The predicted octanol–water partition coefficient (Wildman–Crippen LogP) is 8.61. The Kier molecular flexibility index (Phi) is 33.6. The van der Waals surface area contributed by atoms with Crippen molar-refractivity contribution in [1.82, 2.24) is 21.0 Å². The van der Waals surface area contributed by atoms with Gasteiger partial charge in [-0.2, -0.15) is 0 Å². The second-order valence-corrected chi connectivity index (χ2v) is 17.1. The number of furan rings is 1. The summed E-state index contributed by atoms with van der Waals surface area (Å²) in [6.07, 6.45) is 9.27. The van der Waals surface area contributed by atoms with Crippen LogP contribution >= 0.6 is 0 Å². The van der Waals surface area contributed by atoms with Gasteiger partial charge in [-0.15, -0.1) is 0 Å². The molecule has 3 amide bonds. The summed E-state index contributed by atoms with van der Waals surface area (Å²) in [5.41, 5.74) is 4.97. The highest BCUT2D eigenvalue weighted by Crippen LogP contribution is 2.28. The Labute approximate surface area is 453 Å². The first-order chi connectivity index (χ1) is 37.4. The molecule has 18 nitrogen and oxygen atoms in total. The number of ether oxygens (including phenoxy) is 3. The van der Waals surface area contributed by atoms with Crippen LogP contribution in [-0.4, -0.2) is 115 Å². The summed E-state index contributed by atoms with van der Waals surface area (Å²) in [7, 11) is 6.69. The molecule has 5 rings (SSSR count). The molecule has 1 aromatic heterocycles. The van der Waals surface area contributed by atoms with Gasteiger partial charge in [0.1, 0.15) is 43.0 Å². The molecule has 1 heterocycles. The topological polar surface area (TPSA) is 229 Å². The van der Waals surface area contributed by atoms with Crippen LogP contribution in [-0.2, 0) is 51.5 Å². The zero-order chi connectivity index (χ0) is 56.6. The fraction of sp³-hybridized carbons (Fsp3) is 0.390. The van der Waals surface area contributed by atoms with Crippen LogP contribution in [0.3, 0.4) is 0 Å². The Morgan fingerprint density at radius 3 is 1.96 bits per heavy atom. The van der Waals surface area contributed by atoms with Gasteiger partial charge in [0.15, 0.2) is 12.0 Å². The van der Waals surface area contributed by atoms with E-state index in [2.05, 4.69) is 27.8 Å². The van der Waals surface area contributed by atoms with E-state index in [0.29, 0.717) is 79.7 Å². The molecule has 4 aromatic carbocycles. The van der Waals surface area contributed by atoms with Crippen molar-refractivity contribution < 1.29 is 61.8 Å². The Hall–Kier alpha value is -7.80. The van der Waals surface area contributed by atoms with Crippen LogP contribution in [0.5, 0.6) is 5.75 Å². The normalized spacial score (nSPS) is 11.4. The zero-order valence-electron chi connectivity index (χ0n) is 45.5. The minimum atomic E-state index is -0.554. The summed E-state index contributed by atoms with van der Waals surface area (Å²) < 4.78 is 21.2. The van der Waals surface area contributed by atoms with Crippen LogP contribution in [0, 0.1) is 5.92 Å². The number of methoxy groups -OCH3 is 1. The molecule has 3 atom stereocenters. The van der Waals surface area contributed by atoms with Gasteiger partial charge in [0, 0.05) is 50.4 Å². The standard InChI is InChI=1S/C27H37N3O7.C12H15NO3.C12H15NO2.C8H10O/c1-5-8-9-10-21(22(6-2)30(18-32)35-4)26(33)28-17-29-27(34)24-14-13-23(37-24)19-11-12-20(16-31)25(15-19)36-7-3;1-13-11(7-8-14)12(15)16-9-10-5-3-2-4-6-10;1-13(8-2-3-9-14)12-6-4-11(10-15)5-7-12;1-9-7-8-5-3-2-4-6-8/h11-16,18,21-22H,5-10,17H2,1-4H3,(H,28,33)(H,29,34);2-6,8,11,13H,7,9H2,1H3;4-7,9-10H,2-3,8H2,1H3;2-6H,7H2,1H3. The van der Waals surface area contributed by atoms with E-state index in [1.165, 1.54) is 18.7 Å². The molecule has 77 heavy (non-hydrogen) atoms. The molecule has 3 unspecified atom stereocenters. The van der Waals surface area contributed by atoms with E-state index in [-0.39, 0.29) is 31.4 Å². The van der Waals surface area contributed by atoms with Crippen LogP contribution < -0.4 is 25.6 Å². The van der Waals surface area contributed by atoms with Gasteiger partial charge in [-0.05, 0) is 92.9 Å². The number of esters is 1. The molecule has 5 aromatic rings. The third kappa shape index (κ3) is 24.6. The van der Waals surface area contributed by atoms with E-state index in [0.717, 1.165) is 61.1 Å². The first-order valence-corrected chi connectivity index (χ1v) is 25.6. The Balaban J connectivity index is 0.000000413. The van der Waals surface area contributed by atoms with Gasteiger partial charge in [0.2, 0.25) is 12.3 Å². The van der Waals surface area contributed by atoms with E-state index in [4.69, 9.17) is 23.5 Å². The summed E-state index contributed by atoms with van der Waals surface area (Å²) in [6, 6.07) is 34.1. The minimum absolute atomic E-state index is 0.0686. The summed E-state index contributed by atoms with van der Waals surface area (Å²) in [5, 5.41) is 9.27. The molecule has 0 fully saturated rings. The number of carbonyl (C=O) groups excluding carboxylic acids is 8. The monoisotopic (exact) mass is 1060 g/mol. The SMILES string of the molecule is CCCCCC(C(=O)NCNC(=O)c1ccc(-c2ccc(C=O)c(OCC)c2)o1)C(CC)N(C=O)OC.CN(CCCC=O)c1ccc(C=O)cc1.CNC(CC=O)C(=O)OCc1ccccc1.COCc1ccccc1. The molecule has 0 radical (unpaired) electrons. The maximum Gasteiger partial charge on any atom is 0.323 e. The van der Waals surface area contributed by atoms with E-state index in [9.17, 15) is 38.4 Å². The summed E-state index contributed by atoms with van der Waals surface area (Å²) in [6.45, 7) is 7.87. The first-order valence-electron chi connectivity index (χ1n) is 25.6. The molecule has 3 N–H and O–H groups in total. The third-order valence-corrected chi connectivity index (χ3v) is 11.7. The van der Waals surface area contributed by atoms with E-state index in [1.54, 1.807) is 50.6 Å². The third-order valence-electron chi connectivity index (χ3n) is 11.7. The van der Waals surface area contributed by atoms with Crippen molar-refractivity contribution in [2.24, 2.45) is 5.92 Å². The van der Waals surface area contributed by atoms with Gasteiger partial charge in [-0.3, -0.25) is 33.6 Å². The van der Waals surface area contributed by atoms with Crippen LogP contribution in [0.25, 0.3) is 11.3 Å². The van der Waals surface area contributed by atoms with Crippen LogP contribution in [0.15, 0.2) is 120 Å². The molecule has 416 valence electrons. The van der Waals surface area contributed by atoms with Crippen molar-refractivity contribution in [3.8, 4) is 17.1 Å². The van der Waals surface area contributed by atoms with Gasteiger partial charge in [0.25, 0.3) is 5.91 Å². The number of amides is 3. The molecule has 0 bridgehead atoms. The number of hydrogen-bond donors (Lipinski definition) is 3. The van der Waals surface area contributed by atoms with Crippen molar-refractivity contribution in [2.45, 2.75) is 97.4 Å². The van der Waals surface area contributed by atoms with E-state index in [1.807, 2.05) is 93.7 Å². The highest BCUT2D eigenvalue weighted by atomic mass is 16.7. The van der Waals surface area contributed by atoms with Gasteiger partial charge in [0.05, 0.1) is 44.5 Å². The Morgan fingerprint density at radius 1 is 0.740 bits per heavy atom. The van der Waals surface area contributed by atoms with E-state index >= 15 is 0 Å². The number of unbranched alkanes of at least 4 members (excludes halogenated alkanes) is 3. The number of nitrogens with one attached hydrogen (secondary N) is 3. The van der Waals surface area contributed by atoms with E-state index < -0.39 is 29.9 Å². The maximum absolute atomic E-state index is 13.0. The fourth-order valence-electron chi connectivity index (χ4n) is 7.47. The smallest absolute Gasteiger partial charge is 0.323 e. The average molecular weight is 1060 g/mol. The van der Waals surface area contributed by atoms with Crippen molar-refractivity contribution in [2.75, 3.05) is 53.0 Å². The number of benzene rings is 4. The second-order valence-electron chi connectivity index (χ2n) is 17.1. The molecular weight excluding hydrogens is 987 g/mol. The Bertz CT molecular complexity index is 2470. The number of hydrogen-bond acceptors (Lipinski definition) is 15. The molecule has 0 aliphatic heterocycles. The zero-order valence-corrected chi connectivity index (χ0v) is 45.5. The maximum atomic E-state index is 13.0. The average Bonchev–Trinajstić information content (AvgIpc) is 3.97. The quantitative estimate of drug-likeness (QED) is 0.0124. The molecule has 18 heteroatoms. The van der Waals surface area contributed by atoms with Gasteiger partial charge < -0.3 is 49.1 Å². The van der Waals surface area contributed by atoms with Crippen LogP contribution in [0.4, 0.5) is 5.69 Å². The summed E-state index contributed by atoms with van der Waals surface area (Å²) in [4.78, 5) is 97.8. The summed E-state index contributed by atoms with van der Waals surface area (Å²) in [5.74, 6) is -0.725. The molecule has 0 aliphatic carbocycles. The number of carbonyl (C=O) groups is 8.